The van der Waals surface area contributed by atoms with E-state index in [2.05, 4.69) is 15.9 Å². The number of benzene rings is 2. The highest BCUT2D eigenvalue weighted by molar-refractivity contribution is 9.10. The van der Waals surface area contributed by atoms with Crippen LogP contribution in [0.4, 0.5) is 14.5 Å². The first kappa shape index (κ1) is 15.4. The summed E-state index contributed by atoms with van der Waals surface area (Å²) >= 11 is 3.21. The van der Waals surface area contributed by atoms with Crippen LogP contribution in [0.25, 0.3) is 0 Å². The van der Waals surface area contributed by atoms with Gasteiger partial charge in [0, 0.05) is 22.2 Å². The lowest BCUT2D eigenvalue weighted by molar-refractivity contribution is -0.385. The van der Waals surface area contributed by atoms with Gasteiger partial charge >= 0.3 is 5.92 Å². The maximum absolute atomic E-state index is 14.0. The van der Waals surface area contributed by atoms with E-state index in [1.807, 2.05) is 0 Å². The first-order chi connectivity index (χ1) is 9.88. The Morgan fingerprint density at radius 3 is 2.57 bits per heavy atom. The molecule has 21 heavy (non-hydrogen) atoms. The molecule has 2 aromatic carbocycles. The van der Waals surface area contributed by atoms with Gasteiger partial charge in [0.2, 0.25) is 0 Å². The van der Waals surface area contributed by atoms with E-state index in [0.717, 1.165) is 18.2 Å². The summed E-state index contributed by atoms with van der Waals surface area (Å²) in [5, 5.41) is 10.6. The molecule has 0 aliphatic carbocycles. The average Bonchev–Trinajstić information content (AvgIpc) is 2.45. The van der Waals surface area contributed by atoms with E-state index in [1.165, 1.54) is 6.07 Å². The van der Waals surface area contributed by atoms with Crippen molar-refractivity contribution in [1.29, 1.82) is 0 Å². The maximum atomic E-state index is 14.0. The number of nitro benzene ring substituents is 1. The van der Waals surface area contributed by atoms with Crippen molar-refractivity contribution < 1.29 is 18.4 Å². The van der Waals surface area contributed by atoms with E-state index >= 15 is 0 Å². The number of rotatable bonds is 5. The summed E-state index contributed by atoms with van der Waals surface area (Å²) in [7, 11) is 0. The number of non-ortho nitro benzene ring substituents is 1. The van der Waals surface area contributed by atoms with Gasteiger partial charge in [-0.25, -0.2) is 0 Å². The zero-order valence-corrected chi connectivity index (χ0v) is 12.2. The molecule has 0 aliphatic heterocycles. The number of hydrogen-bond donors (Lipinski definition) is 0. The van der Waals surface area contributed by atoms with Crippen LogP contribution in [-0.4, -0.2) is 11.5 Å². The molecule has 0 unspecified atom stereocenters. The number of halogens is 3. The molecule has 0 saturated heterocycles. The van der Waals surface area contributed by atoms with E-state index in [1.54, 1.807) is 24.3 Å². The van der Waals surface area contributed by atoms with Gasteiger partial charge in [0.15, 0.2) is 6.61 Å². The molecule has 0 aliphatic rings. The fourth-order valence-electron chi connectivity index (χ4n) is 1.66. The minimum Gasteiger partial charge on any atom is -0.487 e. The Morgan fingerprint density at radius 2 is 1.90 bits per heavy atom. The molecular formula is C14H10BrF2NO3. The lowest BCUT2D eigenvalue weighted by Gasteiger charge is -2.17. The molecule has 0 spiro atoms. The van der Waals surface area contributed by atoms with E-state index in [0.29, 0.717) is 4.47 Å². The second-order valence-electron chi connectivity index (χ2n) is 4.26. The van der Waals surface area contributed by atoms with Gasteiger partial charge in [-0.1, -0.05) is 34.1 Å². The van der Waals surface area contributed by atoms with Gasteiger partial charge < -0.3 is 4.74 Å². The molecule has 0 heterocycles. The van der Waals surface area contributed by atoms with Crippen LogP contribution in [0.5, 0.6) is 5.75 Å². The van der Waals surface area contributed by atoms with Crippen molar-refractivity contribution in [3.63, 3.8) is 0 Å². The Kier molecular flexibility index (Phi) is 4.52. The van der Waals surface area contributed by atoms with Crippen LogP contribution < -0.4 is 4.74 Å². The van der Waals surface area contributed by atoms with Crippen LogP contribution in [-0.2, 0) is 5.92 Å². The third-order valence-electron chi connectivity index (χ3n) is 2.70. The number of nitrogens with zero attached hydrogens (tertiary/aromatic N) is 1. The molecule has 110 valence electrons. The van der Waals surface area contributed by atoms with Gasteiger partial charge in [0.25, 0.3) is 5.69 Å². The molecule has 0 N–H and O–H groups in total. The molecule has 4 nitrogen and oxygen atoms in total. The lowest BCUT2D eigenvalue weighted by atomic mass is 10.1. The molecule has 0 atom stereocenters. The average molecular weight is 358 g/mol. The summed E-state index contributed by atoms with van der Waals surface area (Å²) in [6.45, 7) is -0.898. The fourth-order valence-corrected chi connectivity index (χ4v) is 2.04. The molecular weight excluding hydrogens is 348 g/mol. The highest BCUT2D eigenvalue weighted by Crippen LogP contribution is 2.31. The van der Waals surface area contributed by atoms with Crippen molar-refractivity contribution in [3.8, 4) is 5.75 Å². The number of alkyl halides is 2. The van der Waals surface area contributed by atoms with E-state index in [-0.39, 0.29) is 11.4 Å². The smallest absolute Gasteiger partial charge is 0.306 e. The van der Waals surface area contributed by atoms with Crippen molar-refractivity contribution in [2.45, 2.75) is 5.92 Å². The molecule has 2 aromatic rings. The quantitative estimate of drug-likeness (QED) is 0.583. The van der Waals surface area contributed by atoms with Crippen LogP contribution in [0.15, 0.2) is 53.0 Å². The van der Waals surface area contributed by atoms with Gasteiger partial charge in [0.05, 0.1) is 4.92 Å². The number of ether oxygens (including phenoxy) is 1. The maximum Gasteiger partial charge on any atom is 0.306 e. The topological polar surface area (TPSA) is 52.4 Å². The van der Waals surface area contributed by atoms with Gasteiger partial charge in [-0.2, -0.15) is 8.78 Å². The second kappa shape index (κ2) is 6.17. The second-order valence-corrected chi connectivity index (χ2v) is 5.17. The predicted octanol–water partition coefficient (Wildman–Crippen LogP) is 4.53. The molecule has 0 aromatic heterocycles. The Bertz CT molecular complexity index is 664. The fraction of sp³-hybridized carbons (Fsp3) is 0.143. The summed E-state index contributed by atoms with van der Waals surface area (Å²) in [6.07, 6.45) is 0. The van der Waals surface area contributed by atoms with Gasteiger partial charge in [0.1, 0.15) is 5.75 Å². The third kappa shape index (κ3) is 3.98. The molecule has 7 heteroatoms. The van der Waals surface area contributed by atoms with Crippen LogP contribution in [0, 0.1) is 10.1 Å². The first-order valence-electron chi connectivity index (χ1n) is 5.89. The van der Waals surface area contributed by atoms with Crippen molar-refractivity contribution in [1.82, 2.24) is 0 Å². The van der Waals surface area contributed by atoms with Crippen molar-refractivity contribution in [3.05, 3.63) is 68.7 Å². The third-order valence-corrected chi connectivity index (χ3v) is 3.19. The Hall–Kier alpha value is -2.02. The first-order valence-corrected chi connectivity index (χ1v) is 6.69. The summed E-state index contributed by atoms with van der Waals surface area (Å²) in [5.41, 5.74) is -0.832. The predicted molar refractivity (Wildman–Crippen MR) is 76.6 cm³/mol. The van der Waals surface area contributed by atoms with Crippen molar-refractivity contribution in [2.75, 3.05) is 6.61 Å². The molecule has 0 radical (unpaired) electrons. The van der Waals surface area contributed by atoms with Crippen molar-refractivity contribution >= 4 is 21.6 Å². The molecule has 0 bridgehead atoms. The van der Waals surface area contributed by atoms with Gasteiger partial charge in [-0.3, -0.25) is 10.1 Å². The highest BCUT2D eigenvalue weighted by Gasteiger charge is 2.34. The summed E-state index contributed by atoms with van der Waals surface area (Å²) in [4.78, 5) is 9.91. The largest absolute Gasteiger partial charge is 0.487 e. The standard InChI is InChI=1S/C14H10BrF2NO3/c15-11-4-2-6-13(8-11)21-9-14(16,17)10-3-1-5-12(7-10)18(19)20/h1-8H,9H2. The number of nitro groups is 1. The molecule has 0 fully saturated rings. The number of hydrogen-bond acceptors (Lipinski definition) is 3. The minimum absolute atomic E-state index is 0.287. The van der Waals surface area contributed by atoms with Crippen LogP contribution >= 0.6 is 15.9 Å². The van der Waals surface area contributed by atoms with Crippen molar-refractivity contribution in [2.24, 2.45) is 0 Å². The Labute approximate surface area is 127 Å². The molecule has 0 saturated carbocycles. The lowest BCUT2D eigenvalue weighted by Crippen LogP contribution is -2.23. The minimum atomic E-state index is -3.33. The monoisotopic (exact) mass is 357 g/mol. The molecule has 2 rings (SSSR count). The zero-order valence-electron chi connectivity index (χ0n) is 10.6. The van der Waals surface area contributed by atoms with Crippen LogP contribution in [0.2, 0.25) is 0 Å². The van der Waals surface area contributed by atoms with Crippen LogP contribution in [0.3, 0.4) is 0 Å². The van der Waals surface area contributed by atoms with Gasteiger partial charge in [-0.15, -0.1) is 0 Å². The Balaban J connectivity index is 2.14. The summed E-state index contributed by atoms with van der Waals surface area (Å²) < 4.78 is 33.8. The van der Waals surface area contributed by atoms with E-state index < -0.39 is 23.0 Å². The SMILES string of the molecule is O=[N+]([O-])c1cccc(C(F)(F)COc2cccc(Br)c2)c1. The highest BCUT2D eigenvalue weighted by atomic mass is 79.9. The summed E-state index contributed by atoms with van der Waals surface area (Å²) in [6, 6.07) is 10.9. The zero-order chi connectivity index (χ0) is 15.5. The molecule has 0 amide bonds. The van der Waals surface area contributed by atoms with Crippen LogP contribution in [0.1, 0.15) is 5.56 Å². The van der Waals surface area contributed by atoms with E-state index in [9.17, 15) is 18.9 Å². The Morgan fingerprint density at radius 1 is 1.19 bits per heavy atom. The van der Waals surface area contributed by atoms with E-state index in [4.69, 9.17) is 4.74 Å². The normalized spacial score (nSPS) is 11.2. The van der Waals surface area contributed by atoms with Gasteiger partial charge in [-0.05, 0) is 18.2 Å². The summed E-state index contributed by atoms with van der Waals surface area (Å²) in [5.74, 6) is -3.04.